The molecule has 1 saturated carbocycles. The van der Waals surface area contributed by atoms with E-state index in [1.54, 1.807) is 12.3 Å². The molecule has 4 rings (SSSR count). The van der Waals surface area contributed by atoms with Crippen LogP contribution in [0.4, 0.5) is 0 Å². The summed E-state index contributed by atoms with van der Waals surface area (Å²) in [5.41, 5.74) is 2.56. The molecule has 7 nitrogen and oxygen atoms in total. The van der Waals surface area contributed by atoms with Gasteiger partial charge in [-0.25, -0.2) is 15.0 Å². The number of hydrogen-bond donors (Lipinski definition) is 0. The third-order valence-electron chi connectivity index (χ3n) is 5.47. The van der Waals surface area contributed by atoms with Crippen molar-refractivity contribution < 1.29 is 9.53 Å². The van der Waals surface area contributed by atoms with Crippen LogP contribution in [0.1, 0.15) is 53.5 Å². The lowest BCUT2D eigenvalue weighted by molar-refractivity contribution is 0.0568. The zero-order valence-electron chi connectivity index (χ0n) is 15.2. The Morgan fingerprint density at radius 3 is 2.88 bits per heavy atom. The van der Waals surface area contributed by atoms with E-state index in [4.69, 9.17) is 4.74 Å². The van der Waals surface area contributed by atoms with Crippen LogP contribution < -0.4 is 0 Å². The summed E-state index contributed by atoms with van der Waals surface area (Å²) in [5, 5.41) is 0. The van der Waals surface area contributed by atoms with E-state index in [1.807, 2.05) is 18.3 Å². The van der Waals surface area contributed by atoms with Crippen LogP contribution in [-0.4, -0.2) is 50.1 Å². The number of amides is 1. The van der Waals surface area contributed by atoms with Crippen LogP contribution in [0.2, 0.25) is 0 Å². The van der Waals surface area contributed by atoms with Gasteiger partial charge in [0.25, 0.3) is 5.91 Å². The minimum Gasteiger partial charge on any atom is -0.380 e. The molecule has 1 fully saturated rings. The molecule has 0 unspecified atom stereocenters. The van der Waals surface area contributed by atoms with Crippen LogP contribution in [0.3, 0.4) is 0 Å². The van der Waals surface area contributed by atoms with E-state index >= 15 is 0 Å². The number of nitrogens with zero attached hydrogens (tertiary/aromatic N) is 5. The maximum atomic E-state index is 12.8. The minimum absolute atomic E-state index is 0.0792. The average Bonchev–Trinajstić information content (AvgIpc) is 3.32. The molecule has 2 aromatic heterocycles. The molecule has 1 aliphatic carbocycles. The van der Waals surface area contributed by atoms with Crippen LogP contribution >= 0.6 is 0 Å². The molecule has 138 valence electrons. The second-order valence-electron chi connectivity index (χ2n) is 7.35. The van der Waals surface area contributed by atoms with Crippen LogP contribution in [0.5, 0.6) is 0 Å². The predicted molar refractivity (Wildman–Crippen MR) is 95.5 cm³/mol. The molecule has 7 heteroatoms. The van der Waals surface area contributed by atoms with Crippen LogP contribution in [0, 0.1) is 5.92 Å². The molecule has 26 heavy (non-hydrogen) atoms. The van der Waals surface area contributed by atoms with Crippen molar-refractivity contribution in [1.82, 2.24) is 24.4 Å². The van der Waals surface area contributed by atoms with Crippen molar-refractivity contribution in [2.45, 2.75) is 38.1 Å². The maximum absolute atomic E-state index is 12.8. The topological polar surface area (TPSA) is 73.1 Å². The zero-order valence-corrected chi connectivity index (χ0v) is 15.2. The smallest absolute Gasteiger partial charge is 0.272 e. The number of imidazole rings is 1. The van der Waals surface area contributed by atoms with Gasteiger partial charge in [0.15, 0.2) is 0 Å². The Hall–Kier alpha value is -2.28. The van der Waals surface area contributed by atoms with Gasteiger partial charge < -0.3 is 14.2 Å². The van der Waals surface area contributed by atoms with Gasteiger partial charge in [-0.15, -0.1) is 0 Å². The third-order valence-corrected chi connectivity index (χ3v) is 5.47. The van der Waals surface area contributed by atoms with E-state index in [9.17, 15) is 4.79 Å². The summed E-state index contributed by atoms with van der Waals surface area (Å²) >= 11 is 0. The Labute approximate surface area is 153 Å². The lowest BCUT2D eigenvalue weighted by Gasteiger charge is -2.32. The number of rotatable bonds is 5. The Balaban J connectivity index is 1.47. The summed E-state index contributed by atoms with van der Waals surface area (Å²) in [7, 11) is 2.01. The van der Waals surface area contributed by atoms with Gasteiger partial charge in [-0.2, -0.15) is 0 Å². The first kappa shape index (κ1) is 17.1. The normalized spacial score (nSPS) is 20.3. The van der Waals surface area contributed by atoms with Gasteiger partial charge in [0.2, 0.25) is 0 Å². The third kappa shape index (κ3) is 3.49. The maximum Gasteiger partial charge on any atom is 0.272 e. The summed E-state index contributed by atoms with van der Waals surface area (Å²) in [6, 6.07) is 1.65. The molecule has 1 atom stereocenters. The molecule has 0 radical (unpaired) electrons. The summed E-state index contributed by atoms with van der Waals surface area (Å²) < 4.78 is 8.13. The first-order valence-corrected chi connectivity index (χ1v) is 9.35. The van der Waals surface area contributed by atoms with Crippen LogP contribution in [0.25, 0.3) is 0 Å². The number of fused-ring (bicyclic) bond motifs is 1. The van der Waals surface area contributed by atoms with E-state index in [1.165, 1.54) is 37.7 Å². The lowest BCUT2D eigenvalue weighted by Crippen LogP contribution is -2.40. The van der Waals surface area contributed by atoms with E-state index < -0.39 is 0 Å². The van der Waals surface area contributed by atoms with Gasteiger partial charge in [-0.05, 0) is 24.8 Å². The minimum atomic E-state index is -0.0792. The fraction of sp³-hybridized carbons (Fsp3) is 0.579. The number of aryl methyl sites for hydroxylation is 1. The molecule has 2 aromatic rings. The molecule has 0 N–H and O–H groups in total. The van der Waals surface area contributed by atoms with Crippen molar-refractivity contribution in [2.75, 3.05) is 19.8 Å². The molecule has 0 bridgehead atoms. The molecular weight excluding hydrogens is 330 g/mol. The second-order valence-corrected chi connectivity index (χ2v) is 7.35. The summed E-state index contributed by atoms with van der Waals surface area (Å²) in [5.74, 6) is 0.756. The predicted octanol–water partition coefficient (Wildman–Crippen LogP) is 2.16. The van der Waals surface area contributed by atoms with Crippen molar-refractivity contribution in [1.29, 1.82) is 0 Å². The highest BCUT2D eigenvalue weighted by atomic mass is 16.5. The molecule has 2 aliphatic rings. The van der Waals surface area contributed by atoms with Crippen LogP contribution in [-0.2, 0) is 18.3 Å². The van der Waals surface area contributed by atoms with Crippen molar-refractivity contribution in [3.8, 4) is 0 Å². The largest absolute Gasteiger partial charge is 0.380 e. The monoisotopic (exact) mass is 355 g/mol. The highest BCUT2D eigenvalue weighted by Crippen LogP contribution is 2.30. The number of aromatic nitrogens is 4. The van der Waals surface area contributed by atoms with E-state index in [0.29, 0.717) is 31.3 Å². The number of ether oxygens (including phenoxy) is 1. The molecule has 3 heterocycles. The van der Waals surface area contributed by atoms with Gasteiger partial charge >= 0.3 is 0 Å². The van der Waals surface area contributed by atoms with E-state index in [0.717, 1.165) is 12.3 Å². The fourth-order valence-electron chi connectivity index (χ4n) is 4.15. The molecular formula is C19H25N5O2. The van der Waals surface area contributed by atoms with Crippen molar-refractivity contribution in [3.05, 3.63) is 42.0 Å². The highest BCUT2D eigenvalue weighted by molar-refractivity contribution is 5.92. The number of carbonyl (C=O) groups is 1. The standard InChI is InChI=1S/C19H25N5O2/c1-23-13-22-17-9-24(19(25)16-6-7-20-12-21-16)8-15(18(17)23)11-26-10-14-4-2-3-5-14/h6-7,12-15H,2-5,8-11H2,1H3/t15-/m0/s1. The SMILES string of the molecule is Cn1cnc2c1[C@H](COCC1CCCC1)CN(C(=O)c1ccncn1)C2. The molecule has 1 aliphatic heterocycles. The van der Waals surface area contributed by atoms with Crippen molar-refractivity contribution in [3.63, 3.8) is 0 Å². The first-order valence-electron chi connectivity index (χ1n) is 9.35. The Bertz CT molecular complexity index is 755. The second kappa shape index (κ2) is 7.53. The number of carbonyl (C=O) groups excluding carboxylic acids is 1. The molecule has 0 aromatic carbocycles. The first-order chi connectivity index (χ1) is 12.7. The molecule has 0 spiro atoms. The Kier molecular flexibility index (Phi) is 4.97. The van der Waals surface area contributed by atoms with Crippen molar-refractivity contribution in [2.24, 2.45) is 13.0 Å². The summed E-state index contributed by atoms with van der Waals surface area (Å²) in [6.07, 6.45) is 10.0. The van der Waals surface area contributed by atoms with Crippen molar-refractivity contribution >= 4 is 5.91 Å². The Morgan fingerprint density at radius 1 is 1.27 bits per heavy atom. The Morgan fingerprint density at radius 2 is 2.12 bits per heavy atom. The summed E-state index contributed by atoms with van der Waals surface area (Å²) in [6.45, 7) is 2.58. The summed E-state index contributed by atoms with van der Waals surface area (Å²) in [4.78, 5) is 27.1. The lowest BCUT2D eigenvalue weighted by atomic mass is 9.98. The zero-order chi connectivity index (χ0) is 17.9. The van der Waals surface area contributed by atoms with Gasteiger partial charge in [-0.3, -0.25) is 4.79 Å². The van der Waals surface area contributed by atoms with Gasteiger partial charge in [0.1, 0.15) is 12.0 Å². The fourth-order valence-corrected chi connectivity index (χ4v) is 4.15. The number of hydrogen-bond acceptors (Lipinski definition) is 5. The van der Waals surface area contributed by atoms with Gasteiger partial charge in [0, 0.05) is 38.0 Å². The molecule has 1 amide bonds. The van der Waals surface area contributed by atoms with E-state index in [-0.39, 0.29) is 11.8 Å². The van der Waals surface area contributed by atoms with Gasteiger partial charge in [0.05, 0.1) is 25.2 Å². The molecule has 0 saturated heterocycles. The quantitative estimate of drug-likeness (QED) is 0.822. The van der Waals surface area contributed by atoms with Crippen LogP contribution in [0.15, 0.2) is 24.9 Å². The van der Waals surface area contributed by atoms with E-state index in [2.05, 4.69) is 19.5 Å². The highest BCUT2D eigenvalue weighted by Gasteiger charge is 2.32. The average molecular weight is 355 g/mol. The van der Waals surface area contributed by atoms with Gasteiger partial charge in [-0.1, -0.05) is 12.8 Å².